The van der Waals surface area contributed by atoms with Crippen LogP contribution in [0.15, 0.2) is 36.4 Å². The Morgan fingerprint density at radius 3 is 2.89 bits per heavy atom. The zero-order chi connectivity index (χ0) is 13.7. The number of pyridine rings is 1. The van der Waals surface area contributed by atoms with Crippen LogP contribution < -0.4 is 5.32 Å². The van der Waals surface area contributed by atoms with Crippen LogP contribution in [0.3, 0.4) is 0 Å². The average molecular weight is 258 g/mol. The first-order valence-corrected chi connectivity index (χ1v) is 6.48. The molecule has 0 fully saturated rings. The summed E-state index contributed by atoms with van der Waals surface area (Å²) in [5.74, 6) is -0.170. The molecule has 1 unspecified atom stereocenters. The van der Waals surface area contributed by atoms with Crippen LogP contribution in [0, 0.1) is 0 Å². The van der Waals surface area contributed by atoms with E-state index in [1.807, 2.05) is 37.3 Å². The zero-order valence-corrected chi connectivity index (χ0v) is 11.0. The molecule has 2 aromatic rings. The summed E-state index contributed by atoms with van der Waals surface area (Å²) in [6.07, 6.45) is 1.45. The number of nitrogens with one attached hydrogen (secondary N) is 1. The molecule has 1 aromatic heterocycles. The van der Waals surface area contributed by atoms with E-state index in [1.165, 1.54) is 0 Å². The Labute approximate surface area is 112 Å². The molecule has 2 N–H and O–H groups in total. The van der Waals surface area contributed by atoms with E-state index in [9.17, 15) is 4.79 Å². The highest BCUT2D eigenvalue weighted by atomic mass is 16.3. The Morgan fingerprint density at radius 1 is 1.32 bits per heavy atom. The number of benzene rings is 1. The number of aromatic nitrogens is 1. The molecule has 100 valence electrons. The van der Waals surface area contributed by atoms with Crippen LogP contribution in [0.1, 0.15) is 30.3 Å². The average Bonchev–Trinajstić information content (AvgIpc) is 2.44. The normalized spacial score (nSPS) is 12.3. The lowest BCUT2D eigenvalue weighted by atomic mass is 10.1. The molecule has 0 saturated heterocycles. The Bertz CT molecular complexity index is 569. The van der Waals surface area contributed by atoms with Crippen molar-refractivity contribution in [2.75, 3.05) is 6.61 Å². The number of amides is 1. The van der Waals surface area contributed by atoms with Gasteiger partial charge < -0.3 is 10.4 Å². The number of carbonyl (C=O) groups excluding carboxylic acids is 1. The van der Waals surface area contributed by atoms with Gasteiger partial charge in [0.15, 0.2) is 0 Å². The summed E-state index contributed by atoms with van der Waals surface area (Å²) in [6, 6.07) is 11.4. The maximum atomic E-state index is 12.0. The second-order valence-corrected chi connectivity index (χ2v) is 4.63. The molecule has 0 spiro atoms. The van der Waals surface area contributed by atoms with Crippen LogP contribution in [0.5, 0.6) is 0 Å². The van der Waals surface area contributed by atoms with Crippen molar-refractivity contribution in [3.63, 3.8) is 0 Å². The fourth-order valence-corrected chi connectivity index (χ4v) is 1.96. The lowest BCUT2D eigenvalue weighted by Gasteiger charge is -2.12. The molecule has 0 bridgehead atoms. The highest BCUT2D eigenvalue weighted by Gasteiger charge is 2.11. The van der Waals surface area contributed by atoms with Crippen molar-refractivity contribution in [3.8, 4) is 0 Å². The predicted molar refractivity (Wildman–Crippen MR) is 75.0 cm³/mol. The summed E-state index contributed by atoms with van der Waals surface area (Å²) in [4.78, 5) is 16.4. The van der Waals surface area contributed by atoms with E-state index in [4.69, 9.17) is 5.11 Å². The Kier molecular flexibility index (Phi) is 4.47. The number of nitrogens with zero attached hydrogens (tertiary/aromatic N) is 1. The van der Waals surface area contributed by atoms with E-state index >= 15 is 0 Å². The quantitative estimate of drug-likeness (QED) is 0.863. The zero-order valence-electron chi connectivity index (χ0n) is 11.0. The minimum absolute atomic E-state index is 0.0351. The second kappa shape index (κ2) is 6.29. The van der Waals surface area contributed by atoms with Crippen molar-refractivity contribution in [2.45, 2.75) is 25.8 Å². The maximum absolute atomic E-state index is 12.0. The molecule has 0 aliphatic carbocycles. The molecule has 1 amide bonds. The van der Waals surface area contributed by atoms with Gasteiger partial charge in [0, 0.05) is 18.0 Å². The van der Waals surface area contributed by atoms with Crippen molar-refractivity contribution in [1.82, 2.24) is 10.3 Å². The van der Waals surface area contributed by atoms with E-state index in [0.717, 1.165) is 17.3 Å². The molecule has 0 aliphatic rings. The van der Waals surface area contributed by atoms with Gasteiger partial charge in [-0.15, -0.1) is 0 Å². The Hall–Kier alpha value is -1.94. The molecule has 1 aromatic carbocycles. The van der Waals surface area contributed by atoms with Crippen LogP contribution >= 0.6 is 0 Å². The molecule has 0 radical (unpaired) electrons. The van der Waals surface area contributed by atoms with Crippen molar-refractivity contribution < 1.29 is 9.90 Å². The fraction of sp³-hybridized carbons (Fsp3) is 0.333. The lowest BCUT2D eigenvalue weighted by Crippen LogP contribution is -2.33. The number of aliphatic hydroxyl groups excluding tert-OH is 1. The van der Waals surface area contributed by atoms with Crippen molar-refractivity contribution in [2.24, 2.45) is 0 Å². The van der Waals surface area contributed by atoms with E-state index in [2.05, 4.69) is 10.3 Å². The van der Waals surface area contributed by atoms with E-state index < -0.39 is 0 Å². The fourth-order valence-electron chi connectivity index (χ4n) is 1.96. The maximum Gasteiger partial charge on any atom is 0.270 e. The number of carbonyl (C=O) groups is 1. The van der Waals surface area contributed by atoms with Crippen LogP contribution in [-0.2, 0) is 0 Å². The molecular weight excluding hydrogens is 240 g/mol. The van der Waals surface area contributed by atoms with Crippen LogP contribution in [0.4, 0.5) is 0 Å². The van der Waals surface area contributed by atoms with Gasteiger partial charge in [0.1, 0.15) is 5.69 Å². The van der Waals surface area contributed by atoms with E-state index in [-0.39, 0.29) is 18.6 Å². The molecule has 0 saturated carbocycles. The highest BCUT2D eigenvalue weighted by Crippen LogP contribution is 2.11. The molecule has 1 atom stereocenters. The third-order valence-corrected chi connectivity index (χ3v) is 3.00. The number of rotatable bonds is 5. The Balaban J connectivity index is 2.08. The third kappa shape index (κ3) is 3.51. The van der Waals surface area contributed by atoms with Gasteiger partial charge in [-0.1, -0.05) is 24.3 Å². The Morgan fingerprint density at radius 2 is 2.11 bits per heavy atom. The molecular formula is C15H18N2O2. The summed E-state index contributed by atoms with van der Waals surface area (Å²) < 4.78 is 0. The van der Waals surface area contributed by atoms with Gasteiger partial charge in [0.25, 0.3) is 5.91 Å². The van der Waals surface area contributed by atoms with Gasteiger partial charge in [0.2, 0.25) is 0 Å². The van der Waals surface area contributed by atoms with Gasteiger partial charge >= 0.3 is 0 Å². The first-order chi connectivity index (χ1) is 9.20. The number of aliphatic hydroxyl groups is 1. The number of para-hydroxylation sites is 1. The van der Waals surface area contributed by atoms with Crippen LogP contribution in [0.25, 0.3) is 10.9 Å². The van der Waals surface area contributed by atoms with Crippen LogP contribution in [0.2, 0.25) is 0 Å². The summed E-state index contributed by atoms with van der Waals surface area (Å²) in [5, 5.41) is 12.7. The van der Waals surface area contributed by atoms with E-state index in [1.54, 1.807) is 6.07 Å². The molecule has 1 heterocycles. The highest BCUT2D eigenvalue weighted by molar-refractivity contribution is 5.94. The summed E-state index contributed by atoms with van der Waals surface area (Å²) >= 11 is 0. The van der Waals surface area contributed by atoms with Gasteiger partial charge in [-0.3, -0.25) is 4.79 Å². The summed E-state index contributed by atoms with van der Waals surface area (Å²) in [6.45, 7) is 2.07. The number of hydrogen-bond acceptors (Lipinski definition) is 3. The summed E-state index contributed by atoms with van der Waals surface area (Å²) in [7, 11) is 0. The van der Waals surface area contributed by atoms with Crippen molar-refractivity contribution in [3.05, 3.63) is 42.1 Å². The van der Waals surface area contributed by atoms with E-state index in [0.29, 0.717) is 12.1 Å². The minimum Gasteiger partial charge on any atom is -0.396 e. The topological polar surface area (TPSA) is 62.2 Å². The second-order valence-electron chi connectivity index (χ2n) is 4.63. The first kappa shape index (κ1) is 13.5. The number of hydrogen-bond donors (Lipinski definition) is 2. The SMILES string of the molecule is CC(CCCO)NC(=O)c1ccc2ccccc2n1. The van der Waals surface area contributed by atoms with Crippen molar-refractivity contribution in [1.29, 1.82) is 0 Å². The van der Waals surface area contributed by atoms with Gasteiger partial charge in [-0.05, 0) is 31.9 Å². The standard InChI is InChI=1S/C15H18N2O2/c1-11(5-4-10-18)16-15(19)14-9-8-12-6-2-3-7-13(12)17-14/h2-3,6-9,11,18H,4-5,10H2,1H3,(H,16,19). The molecule has 0 aliphatic heterocycles. The monoisotopic (exact) mass is 258 g/mol. The third-order valence-electron chi connectivity index (χ3n) is 3.00. The predicted octanol–water partition coefficient (Wildman–Crippen LogP) is 2.13. The van der Waals surface area contributed by atoms with Crippen molar-refractivity contribution >= 4 is 16.8 Å². The molecule has 2 rings (SSSR count). The summed E-state index contributed by atoms with van der Waals surface area (Å²) in [5.41, 5.74) is 1.24. The smallest absolute Gasteiger partial charge is 0.270 e. The van der Waals surface area contributed by atoms with Gasteiger partial charge in [0.05, 0.1) is 5.52 Å². The largest absolute Gasteiger partial charge is 0.396 e. The minimum atomic E-state index is -0.170. The van der Waals surface area contributed by atoms with Gasteiger partial charge in [-0.2, -0.15) is 0 Å². The lowest BCUT2D eigenvalue weighted by molar-refractivity contribution is 0.0931. The molecule has 4 nitrogen and oxygen atoms in total. The number of fused-ring (bicyclic) bond motifs is 1. The van der Waals surface area contributed by atoms with Crippen LogP contribution in [-0.4, -0.2) is 28.6 Å². The first-order valence-electron chi connectivity index (χ1n) is 6.48. The molecule has 4 heteroatoms. The van der Waals surface area contributed by atoms with Gasteiger partial charge in [-0.25, -0.2) is 4.98 Å². The molecule has 19 heavy (non-hydrogen) atoms.